The number of nitrogen functional groups attached to an aromatic ring is 1. The van der Waals surface area contributed by atoms with Gasteiger partial charge in [-0.1, -0.05) is 5.16 Å². The second-order valence-corrected chi connectivity index (χ2v) is 4.52. The fourth-order valence-corrected chi connectivity index (χ4v) is 2.40. The quantitative estimate of drug-likeness (QED) is 0.766. The van der Waals surface area contributed by atoms with E-state index in [-0.39, 0.29) is 0 Å². The van der Waals surface area contributed by atoms with Crippen LogP contribution in [-0.2, 0) is 7.05 Å². The van der Waals surface area contributed by atoms with Crippen LogP contribution in [0.5, 0.6) is 5.75 Å². The molecule has 0 aliphatic carbocycles. The van der Waals surface area contributed by atoms with Crippen molar-refractivity contribution in [1.29, 1.82) is 0 Å². The number of rotatable bonds is 2. The van der Waals surface area contributed by atoms with Crippen LogP contribution in [0, 0.1) is 6.92 Å². The van der Waals surface area contributed by atoms with Crippen LogP contribution < -0.4 is 10.5 Å². The van der Waals surface area contributed by atoms with Gasteiger partial charge in [-0.25, -0.2) is 0 Å². The molecule has 0 saturated heterocycles. The van der Waals surface area contributed by atoms with Gasteiger partial charge in [-0.15, -0.1) is 0 Å². The summed E-state index contributed by atoms with van der Waals surface area (Å²) in [6.07, 6.45) is 0. The molecule has 2 N–H and O–H groups in total. The van der Waals surface area contributed by atoms with Crippen molar-refractivity contribution in [2.45, 2.75) is 6.92 Å². The molecule has 0 aliphatic rings. The smallest absolute Gasteiger partial charge is 0.222 e. The molecule has 3 rings (SSSR count). The lowest BCUT2D eigenvalue weighted by molar-refractivity contribution is 0.415. The molecule has 0 radical (unpaired) electrons. The molecule has 98 valence electrons. The van der Waals surface area contributed by atoms with Gasteiger partial charge in [0.25, 0.3) is 0 Å². The van der Waals surface area contributed by atoms with Gasteiger partial charge in [0, 0.05) is 35.8 Å². The highest BCUT2D eigenvalue weighted by molar-refractivity contribution is 5.98. The van der Waals surface area contributed by atoms with Crippen LogP contribution in [0.4, 0.5) is 5.88 Å². The SMILES string of the molecule is COc1ccc2c(-c3cc(N)on3)c(C)n(C)c2c1. The molecule has 0 saturated carbocycles. The molecule has 0 aliphatic heterocycles. The fraction of sp³-hybridized carbons (Fsp3) is 0.214. The number of fused-ring (bicyclic) bond motifs is 1. The maximum atomic E-state index is 5.61. The van der Waals surface area contributed by atoms with Crippen LogP contribution in [-0.4, -0.2) is 16.8 Å². The maximum Gasteiger partial charge on any atom is 0.222 e. The number of nitrogens with two attached hydrogens (primary N) is 1. The number of hydrogen-bond donors (Lipinski definition) is 1. The van der Waals surface area contributed by atoms with Crippen LogP contribution in [0.25, 0.3) is 22.2 Å². The minimum atomic E-state index is 0.319. The van der Waals surface area contributed by atoms with Crippen molar-refractivity contribution in [3.8, 4) is 17.0 Å². The van der Waals surface area contributed by atoms with Crippen molar-refractivity contribution in [3.63, 3.8) is 0 Å². The van der Waals surface area contributed by atoms with Crippen LogP contribution in [0.3, 0.4) is 0 Å². The number of benzene rings is 1. The van der Waals surface area contributed by atoms with E-state index in [0.717, 1.165) is 33.6 Å². The van der Waals surface area contributed by atoms with Crippen molar-refractivity contribution < 1.29 is 9.26 Å². The monoisotopic (exact) mass is 257 g/mol. The lowest BCUT2D eigenvalue weighted by Gasteiger charge is -2.01. The van der Waals surface area contributed by atoms with Crippen molar-refractivity contribution in [2.75, 3.05) is 12.8 Å². The van der Waals surface area contributed by atoms with E-state index in [2.05, 4.69) is 9.72 Å². The van der Waals surface area contributed by atoms with Crippen LogP contribution in [0.15, 0.2) is 28.8 Å². The number of anilines is 1. The highest BCUT2D eigenvalue weighted by Gasteiger charge is 2.17. The second-order valence-electron chi connectivity index (χ2n) is 4.52. The van der Waals surface area contributed by atoms with E-state index < -0.39 is 0 Å². The zero-order valence-corrected chi connectivity index (χ0v) is 11.1. The van der Waals surface area contributed by atoms with E-state index in [1.165, 1.54) is 0 Å². The first-order chi connectivity index (χ1) is 9.11. The van der Waals surface area contributed by atoms with Crippen LogP contribution in [0.1, 0.15) is 5.69 Å². The molecule has 0 amide bonds. The summed E-state index contributed by atoms with van der Waals surface area (Å²) < 4.78 is 12.3. The average molecular weight is 257 g/mol. The van der Waals surface area contributed by atoms with Crippen molar-refractivity contribution in [1.82, 2.24) is 9.72 Å². The molecule has 0 fully saturated rings. The summed E-state index contributed by atoms with van der Waals surface area (Å²) >= 11 is 0. The van der Waals surface area contributed by atoms with Gasteiger partial charge in [-0.2, -0.15) is 0 Å². The van der Waals surface area contributed by atoms with Crippen LogP contribution >= 0.6 is 0 Å². The molecule has 3 aromatic rings. The fourth-order valence-electron chi connectivity index (χ4n) is 2.40. The molecule has 5 nitrogen and oxygen atoms in total. The third-order valence-corrected chi connectivity index (χ3v) is 3.49. The zero-order chi connectivity index (χ0) is 13.6. The predicted molar refractivity (Wildman–Crippen MR) is 74.1 cm³/mol. The van der Waals surface area contributed by atoms with Gasteiger partial charge in [-0.3, -0.25) is 0 Å². The lowest BCUT2D eigenvalue weighted by Crippen LogP contribution is -1.91. The highest BCUT2D eigenvalue weighted by Crippen LogP contribution is 2.35. The first-order valence-electron chi connectivity index (χ1n) is 5.97. The number of aryl methyl sites for hydroxylation is 1. The highest BCUT2D eigenvalue weighted by atomic mass is 16.5. The molecular formula is C14H15N3O2. The Balaban J connectivity index is 2.33. The van der Waals surface area contributed by atoms with Gasteiger partial charge >= 0.3 is 0 Å². The Morgan fingerprint density at radius 2 is 2.11 bits per heavy atom. The molecule has 0 spiro atoms. The normalized spacial score (nSPS) is 11.1. The van der Waals surface area contributed by atoms with Gasteiger partial charge in [-0.05, 0) is 19.1 Å². The lowest BCUT2D eigenvalue weighted by atomic mass is 10.1. The summed E-state index contributed by atoms with van der Waals surface area (Å²) in [6, 6.07) is 7.72. The summed E-state index contributed by atoms with van der Waals surface area (Å²) in [6.45, 7) is 2.05. The average Bonchev–Trinajstić information content (AvgIpc) is 2.93. The summed E-state index contributed by atoms with van der Waals surface area (Å²) in [4.78, 5) is 0. The molecule has 2 aromatic heterocycles. The largest absolute Gasteiger partial charge is 0.497 e. The second kappa shape index (κ2) is 4.05. The Labute approximate surface area is 110 Å². The number of nitrogens with zero attached hydrogens (tertiary/aromatic N) is 2. The van der Waals surface area contributed by atoms with Gasteiger partial charge in [0.2, 0.25) is 5.88 Å². The van der Waals surface area contributed by atoms with Gasteiger partial charge < -0.3 is 19.6 Å². The van der Waals surface area contributed by atoms with E-state index in [4.69, 9.17) is 15.0 Å². The zero-order valence-electron chi connectivity index (χ0n) is 11.1. The van der Waals surface area contributed by atoms with Gasteiger partial charge in [0.15, 0.2) is 0 Å². The van der Waals surface area contributed by atoms with Crippen molar-refractivity contribution in [3.05, 3.63) is 30.0 Å². The molecule has 0 atom stereocenters. The third kappa shape index (κ3) is 1.66. The number of ether oxygens (including phenoxy) is 1. The molecule has 5 heteroatoms. The topological polar surface area (TPSA) is 66.2 Å². The number of methoxy groups -OCH3 is 1. The Hall–Kier alpha value is -2.43. The van der Waals surface area contributed by atoms with E-state index in [1.54, 1.807) is 13.2 Å². The number of hydrogen-bond acceptors (Lipinski definition) is 4. The standard InChI is InChI=1S/C14H15N3O2/c1-8-14(11-7-13(15)19-16-11)10-5-4-9(18-3)6-12(10)17(8)2/h4-7H,15H2,1-3H3. The van der Waals surface area contributed by atoms with Crippen molar-refractivity contribution >= 4 is 16.8 Å². The summed E-state index contributed by atoms with van der Waals surface area (Å²) in [5, 5.41) is 5.11. The Morgan fingerprint density at radius 1 is 1.32 bits per heavy atom. The third-order valence-electron chi connectivity index (χ3n) is 3.49. The number of aromatic nitrogens is 2. The van der Waals surface area contributed by atoms with E-state index in [0.29, 0.717) is 5.88 Å². The maximum absolute atomic E-state index is 5.61. The van der Waals surface area contributed by atoms with Gasteiger partial charge in [0.1, 0.15) is 11.4 Å². The van der Waals surface area contributed by atoms with Crippen molar-refractivity contribution in [2.24, 2.45) is 7.05 Å². The first-order valence-corrected chi connectivity index (χ1v) is 5.97. The molecule has 1 aromatic carbocycles. The predicted octanol–water partition coefficient (Wildman–Crippen LogP) is 2.73. The molecule has 0 bridgehead atoms. The minimum absolute atomic E-state index is 0.319. The Morgan fingerprint density at radius 3 is 2.74 bits per heavy atom. The van der Waals surface area contributed by atoms with E-state index >= 15 is 0 Å². The summed E-state index contributed by atoms with van der Waals surface area (Å²) in [5.74, 6) is 1.15. The molecule has 0 unspecified atom stereocenters. The minimum Gasteiger partial charge on any atom is -0.497 e. The van der Waals surface area contributed by atoms with E-state index in [1.807, 2.05) is 32.2 Å². The summed E-state index contributed by atoms with van der Waals surface area (Å²) in [7, 11) is 3.68. The first kappa shape index (κ1) is 11.6. The molecular weight excluding hydrogens is 242 g/mol. The molecule has 2 heterocycles. The summed E-state index contributed by atoms with van der Waals surface area (Å²) in [5.41, 5.74) is 9.60. The Bertz CT molecular complexity index is 755. The van der Waals surface area contributed by atoms with E-state index in [9.17, 15) is 0 Å². The molecule has 19 heavy (non-hydrogen) atoms. The Kier molecular flexibility index (Phi) is 2.48. The van der Waals surface area contributed by atoms with Gasteiger partial charge in [0.05, 0.1) is 12.6 Å². The van der Waals surface area contributed by atoms with Crippen LogP contribution in [0.2, 0.25) is 0 Å².